The number of nitrogens with zero attached hydrogens (tertiary/aromatic N) is 3. The molecule has 0 saturated carbocycles. The number of benzene rings is 1. The third-order valence-corrected chi connectivity index (χ3v) is 9.92. The van der Waals surface area contributed by atoms with Gasteiger partial charge in [0, 0.05) is 32.5 Å². The molecule has 1 aromatic carbocycles. The minimum atomic E-state index is -0.865. The van der Waals surface area contributed by atoms with Crippen molar-refractivity contribution in [1.82, 2.24) is 25.4 Å². The van der Waals surface area contributed by atoms with Gasteiger partial charge >= 0.3 is 11.9 Å². The molecule has 1 saturated heterocycles. The number of aromatic nitrogens is 1. The fourth-order valence-electron chi connectivity index (χ4n) is 6.91. The standard InChI is InChI=1S/C40H59N5O7/c1-25(2)34(45(8)39(49)36(26(3)4)43-38(48)33-20-13-14-21-44(33)7)24-35(52-28(6)46)31-18-15-19-32(42-31)37(47)41-30(22-27(5)40(50)51-9)23-29-16-11-10-12-17-29/h10-12,15-19,25-27,30,33-36H,13-14,20-24H2,1-9H3,(H,41,47)(H,43,48)/t27-,30+,33+,34+,35+,36-/m0/s1. The molecule has 3 amide bonds. The van der Waals surface area contributed by atoms with E-state index in [0.717, 1.165) is 31.4 Å². The van der Waals surface area contributed by atoms with Gasteiger partial charge < -0.3 is 25.0 Å². The summed E-state index contributed by atoms with van der Waals surface area (Å²) in [6.07, 6.45) is 2.97. The van der Waals surface area contributed by atoms with Crippen molar-refractivity contribution in [2.75, 3.05) is 27.7 Å². The number of likely N-dealkylation sites (N-methyl/N-ethyl adjacent to an activating group) is 2. The van der Waals surface area contributed by atoms with E-state index in [4.69, 9.17) is 9.47 Å². The summed E-state index contributed by atoms with van der Waals surface area (Å²) in [5.74, 6) is -2.37. The second kappa shape index (κ2) is 20.1. The number of amides is 3. The number of hydrogen-bond donors (Lipinski definition) is 2. The average molecular weight is 722 g/mol. The SMILES string of the molecule is COC(=O)[C@@H](C)C[C@H](Cc1ccccc1)NC(=O)c1cccc([C@@H](C[C@H](C(C)C)N(C)C(=O)[C@@H](NC(=O)[C@H]2CCCCN2C)C(C)C)OC(C)=O)n1. The largest absolute Gasteiger partial charge is 0.469 e. The molecule has 0 radical (unpaired) electrons. The van der Waals surface area contributed by atoms with Crippen LogP contribution in [0.25, 0.3) is 0 Å². The zero-order valence-electron chi connectivity index (χ0n) is 32.4. The van der Waals surface area contributed by atoms with Crippen LogP contribution < -0.4 is 10.6 Å². The van der Waals surface area contributed by atoms with Crippen LogP contribution in [-0.2, 0) is 35.1 Å². The molecule has 1 fully saturated rings. The van der Waals surface area contributed by atoms with Crippen LogP contribution >= 0.6 is 0 Å². The van der Waals surface area contributed by atoms with Gasteiger partial charge in [-0.1, -0.05) is 77.4 Å². The lowest BCUT2D eigenvalue weighted by Gasteiger charge is -2.38. The summed E-state index contributed by atoms with van der Waals surface area (Å²) in [7, 11) is 4.99. The lowest BCUT2D eigenvalue weighted by molar-refractivity contribution is -0.149. The van der Waals surface area contributed by atoms with Crippen molar-refractivity contribution in [2.24, 2.45) is 17.8 Å². The molecule has 0 bridgehead atoms. The van der Waals surface area contributed by atoms with E-state index >= 15 is 0 Å². The molecule has 2 heterocycles. The van der Waals surface area contributed by atoms with E-state index in [2.05, 4.69) is 15.6 Å². The van der Waals surface area contributed by atoms with E-state index in [1.807, 2.05) is 70.0 Å². The normalized spacial score (nSPS) is 17.7. The first-order valence-corrected chi connectivity index (χ1v) is 18.5. The van der Waals surface area contributed by atoms with Crippen LogP contribution in [0.3, 0.4) is 0 Å². The lowest BCUT2D eigenvalue weighted by Crippen LogP contribution is -2.57. The molecular weight excluding hydrogens is 662 g/mol. The number of likely N-dealkylation sites (tertiary alicyclic amines) is 1. The second-order valence-electron chi connectivity index (χ2n) is 14.8. The van der Waals surface area contributed by atoms with Crippen molar-refractivity contribution in [3.05, 3.63) is 65.5 Å². The fourth-order valence-corrected chi connectivity index (χ4v) is 6.91. The van der Waals surface area contributed by atoms with E-state index in [1.54, 1.807) is 37.1 Å². The van der Waals surface area contributed by atoms with Gasteiger partial charge in [-0.05, 0) is 68.8 Å². The van der Waals surface area contributed by atoms with Gasteiger partial charge in [-0.2, -0.15) is 0 Å². The van der Waals surface area contributed by atoms with Gasteiger partial charge in [0.15, 0.2) is 0 Å². The second-order valence-corrected chi connectivity index (χ2v) is 14.8. The van der Waals surface area contributed by atoms with Crippen molar-refractivity contribution >= 4 is 29.7 Å². The average Bonchev–Trinajstić information content (AvgIpc) is 3.11. The third-order valence-electron chi connectivity index (χ3n) is 9.92. The van der Waals surface area contributed by atoms with E-state index < -0.39 is 42.0 Å². The molecule has 12 heteroatoms. The first kappa shape index (κ1) is 42.1. The third kappa shape index (κ3) is 12.1. The zero-order valence-corrected chi connectivity index (χ0v) is 32.4. The van der Waals surface area contributed by atoms with Crippen LogP contribution in [0.15, 0.2) is 48.5 Å². The molecule has 0 spiro atoms. The Labute approximate surface area is 309 Å². The molecule has 0 unspecified atom stereocenters. The monoisotopic (exact) mass is 721 g/mol. The Kier molecular flexibility index (Phi) is 16.2. The number of ether oxygens (including phenoxy) is 2. The number of piperidine rings is 1. The predicted molar refractivity (Wildman–Crippen MR) is 199 cm³/mol. The van der Waals surface area contributed by atoms with Crippen LogP contribution in [-0.4, -0.2) is 96.4 Å². The van der Waals surface area contributed by atoms with Crippen LogP contribution in [0.1, 0.15) is 101 Å². The summed E-state index contributed by atoms with van der Waals surface area (Å²) in [4.78, 5) is 74.1. The number of pyridine rings is 1. The van der Waals surface area contributed by atoms with Crippen LogP contribution in [0.4, 0.5) is 0 Å². The zero-order chi connectivity index (χ0) is 38.5. The summed E-state index contributed by atoms with van der Waals surface area (Å²) < 4.78 is 10.7. The van der Waals surface area contributed by atoms with Crippen molar-refractivity contribution in [2.45, 2.75) is 110 Å². The lowest BCUT2D eigenvalue weighted by atomic mass is 9.93. The highest BCUT2D eigenvalue weighted by molar-refractivity contribution is 5.92. The highest BCUT2D eigenvalue weighted by atomic mass is 16.5. The molecular formula is C40H59N5O7. The van der Waals surface area contributed by atoms with Gasteiger partial charge in [-0.3, -0.25) is 28.9 Å². The van der Waals surface area contributed by atoms with E-state index in [9.17, 15) is 24.0 Å². The number of rotatable bonds is 17. The Hall–Kier alpha value is -4.32. The minimum Gasteiger partial charge on any atom is -0.469 e. The smallest absolute Gasteiger partial charge is 0.308 e. The van der Waals surface area contributed by atoms with Crippen LogP contribution in [0, 0.1) is 17.8 Å². The first-order chi connectivity index (χ1) is 24.6. The summed E-state index contributed by atoms with van der Waals surface area (Å²) in [6, 6.07) is 12.8. The predicted octanol–water partition coefficient (Wildman–Crippen LogP) is 4.72. The van der Waals surface area contributed by atoms with E-state index in [-0.39, 0.29) is 47.8 Å². The number of methoxy groups -OCH3 is 1. The summed E-state index contributed by atoms with van der Waals surface area (Å²) in [5, 5.41) is 6.09. The fraction of sp³-hybridized carbons (Fsp3) is 0.600. The Morgan fingerprint density at radius 1 is 0.923 bits per heavy atom. The molecule has 2 aromatic rings. The number of carbonyl (C=O) groups is 5. The number of esters is 2. The summed E-state index contributed by atoms with van der Waals surface area (Å²) in [6.45, 7) is 11.7. The minimum absolute atomic E-state index is 0.0537. The molecule has 52 heavy (non-hydrogen) atoms. The maximum atomic E-state index is 14.1. The number of carbonyl (C=O) groups excluding carboxylic acids is 5. The first-order valence-electron chi connectivity index (χ1n) is 18.5. The molecule has 2 N–H and O–H groups in total. The molecule has 1 aromatic heterocycles. The van der Waals surface area contributed by atoms with Gasteiger partial charge in [0.2, 0.25) is 11.8 Å². The summed E-state index contributed by atoms with van der Waals surface area (Å²) in [5.41, 5.74) is 1.49. The quantitative estimate of drug-likeness (QED) is 0.222. The molecule has 3 rings (SSSR count). The molecule has 12 nitrogen and oxygen atoms in total. The van der Waals surface area contributed by atoms with Crippen molar-refractivity contribution < 1.29 is 33.4 Å². The molecule has 1 aliphatic heterocycles. The Morgan fingerprint density at radius 3 is 2.21 bits per heavy atom. The van der Waals surface area contributed by atoms with Gasteiger partial charge in [0.1, 0.15) is 17.8 Å². The Balaban J connectivity index is 1.84. The molecule has 1 aliphatic rings. The van der Waals surface area contributed by atoms with Crippen molar-refractivity contribution in [1.29, 1.82) is 0 Å². The van der Waals surface area contributed by atoms with Gasteiger partial charge in [-0.15, -0.1) is 0 Å². The van der Waals surface area contributed by atoms with Crippen LogP contribution in [0.5, 0.6) is 0 Å². The summed E-state index contributed by atoms with van der Waals surface area (Å²) >= 11 is 0. The van der Waals surface area contributed by atoms with Gasteiger partial charge in [0.25, 0.3) is 5.91 Å². The molecule has 6 atom stereocenters. The van der Waals surface area contributed by atoms with E-state index in [0.29, 0.717) is 18.5 Å². The maximum Gasteiger partial charge on any atom is 0.308 e. The van der Waals surface area contributed by atoms with E-state index in [1.165, 1.54) is 14.0 Å². The Bertz CT molecular complexity index is 1500. The van der Waals surface area contributed by atoms with Crippen molar-refractivity contribution in [3.8, 4) is 0 Å². The van der Waals surface area contributed by atoms with Crippen molar-refractivity contribution in [3.63, 3.8) is 0 Å². The maximum absolute atomic E-state index is 14.1. The highest BCUT2D eigenvalue weighted by Crippen LogP contribution is 2.28. The number of hydrogen-bond acceptors (Lipinski definition) is 9. The molecule has 286 valence electrons. The molecule has 0 aliphatic carbocycles. The number of nitrogens with one attached hydrogen (secondary N) is 2. The Morgan fingerprint density at radius 2 is 1.62 bits per heavy atom. The highest BCUT2D eigenvalue weighted by Gasteiger charge is 2.36. The van der Waals surface area contributed by atoms with Crippen LogP contribution in [0.2, 0.25) is 0 Å². The van der Waals surface area contributed by atoms with Gasteiger partial charge in [-0.25, -0.2) is 4.98 Å². The topological polar surface area (TPSA) is 147 Å². The van der Waals surface area contributed by atoms with Gasteiger partial charge in [0.05, 0.1) is 24.8 Å².